The van der Waals surface area contributed by atoms with Crippen molar-refractivity contribution in [2.75, 3.05) is 6.54 Å². The van der Waals surface area contributed by atoms with Crippen LogP contribution < -0.4 is 4.83 Å². The van der Waals surface area contributed by atoms with Gasteiger partial charge in [-0.05, 0) is 11.8 Å². The molecule has 2 rings (SSSR count). The van der Waals surface area contributed by atoms with Gasteiger partial charge in [-0.25, -0.2) is 0 Å². The Kier molecular flexibility index (Phi) is 2.52. The lowest BCUT2D eigenvalue weighted by molar-refractivity contribution is 0.282. The van der Waals surface area contributed by atoms with Crippen LogP contribution in [0.1, 0.15) is 12.5 Å². The molecule has 1 radical (unpaired) electrons. The Balaban J connectivity index is 2.19. The topological polar surface area (TPSA) is 29.7 Å². The molecule has 1 aliphatic heterocycles. The molecular weight excluding hydrogens is 182 g/mol. The Morgan fingerprint density at radius 3 is 2.69 bits per heavy atom. The summed E-state index contributed by atoms with van der Waals surface area (Å²) in [4.78, 5) is 4.16. The highest BCUT2D eigenvalue weighted by Crippen LogP contribution is 2.18. The molecule has 1 heterocycles. The first kappa shape index (κ1) is 8.59. The normalized spacial score (nSPS) is 16.1. The number of hydrogen-bond acceptors (Lipinski definition) is 3. The molecule has 0 aromatic heterocycles. The number of rotatable bonds is 2. The van der Waals surface area contributed by atoms with Crippen LogP contribution in [0, 0.1) is 0 Å². The summed E-state index contributed by atoms with van der Waals surface area (Å²) in [5, 5.41) is 7.00. The van der Waals surface area contributed by atoms with Crippen LogP contribution in [0.5, 0.6) is 0 Å². The molecule has 1 aromatic rings. The predicted molar refractivity (Wildman–Crippen MR) is 55.1 cm³/mol. The van der Waals surface area contributed by atoms with E-state index in [1.807, 2.05) is 37.3 Å². The predicted octanol–water partition coefficient (Wildman–Crippen LogP) is 1.85. The molecule has 0 spiro atoms. The first-order valence-electron chi connectivity index (χ1n) is 4.19. The molecule has 0 N–H and O–H groups in total. The van der Waals surface area contributed by atoms with E-state index in [1.54, 1.807) is 5.12 Å². The highest BCUT2D eigenvalue weighted by atomic mass is 32.2. The second-order valence-corrected chi connectivity index (χ2v) is 3.37. The van der Waals surface area contributed by atoms with Gasteiger partial charge in [0, 0.05) is 17.5 Å². The number of hydrogen-bond donors (Lipinski definition) is 0. The lowest BCUT2D eigenvalue weighted by Crippen LogP contribution is -2.16. The van der Waals surface area contributed by atoms with E-state index < -0.39 is 0 Å². The van der Waals surface area contributed by atoms with Crippen LogP contribution in [0.3, 0.4) is 0 Å². The minimum Gasteiger partial charge on any atom is -0.199 e. The van der Waals surface area contributed by atoms with Crippen LogP contribution in [-0.4, -0.2) is 16.7 Å². The largest absolute Gasteiger partial charge is 0.199 e. The minimum atomic E-state index is 0.823. The zero-order valence-corrected chi connectivity index (χ0v) is 8.16. The molecule has 0 unspecified atom stereocenters. The molecule has 1 aliphatic rings. The van der Waals surface area contributed by atoms with Crippen molar-refractivity contribution >= 4 is 17.0 Å². The van der Waals surface area contributed by atoms with Gasteiger partial charge in [0.15, 0.2) is 0 Å². The van der Waals surface area contributed by atoms with Gasteiger partial charge >= 0.3 is 0 Å². The zero-order chi connectivity index (χ0) is 9.10. The van der Waals surface area contributed by atoms with E-state index in [9.17, 15) is 0 Å². The minimum absolute atomic E-state index is 0.823. The lowest BCUT2D eigenvalue weighted by Gasteiger charge is -2.03. The third kappa shape index (κ3) is 1.84. The van der Waals surface area contributed by atoms with Crippen molar-refractivity contribution in [1.82, 2.24) is 9.95 Å². The molecule has 0 atom stereocenters. The molecular formula is C9H10N3S. The van der Waals surface area contributed by atoms with E-state index in [0.717, 1.165) is 17.2 Å². The zero-order valence-electron chi connectivity index (χ0n) is 7.34. The number of nitrogens with zero attached hydrogens (tertiary/aromatic N) is 3. The third-order valence-electron chi connectivity index (χ3n) is 1.73. The summed E-state index contributed by atoms with van der Waals surface area (Å²) in [5.41, 5.74) is 1.13. The van der Waals surface area contributed by atoms with Crippen LogP contribution in [-0.2, 0) is 0 Å². The second kappa shape index (κ2) is 3.81. The van der Waals surface area contributed by atoms with Gasteiger partial charge in [-0.1, -0.05) is 30.3 Å². The monoisotopic (exact) mass is 192 g/mol. The Labute approximate surface area is 81.9 Å². The van der Waals surface area contributed by atoms with Gasteiger partial charge < -0.3 is 0 Å². The maximum atomic E-state index is 4.32. The Hall–Kier alpha value is -1.00. The first-order chi connectivity index (χ1) is 6.40. The van der Waals surface area contributed by atoms with E-state index in [1.165, 1.54) is 11.9 Å². The molecule has 0 aliphatic carbocycles. The van der Waals surface area contributed by atoms with Gasteiger partial charge in [0.2, 0.25) is 0 Å². The van der Waals surface area contributed by atoms with Crippen LogP contribution >= 0.6 is 11.9 Å². The fourth-order valence-corrected chi connectivity index (χ4v) is 1.74. The van der Waals surface area contributed by atoms with Crippen LogP contribution in [0.2, 0.25) is 0 Å². The molecule has 1 aromatic carbocycles. The first-order valence-corrected chi connectivity index (χ1v) is 4.97. The Morgan fingerprint density at radius 1 is 1.31 bits per heavy atom. The summed E-state index contributed by atoms with van der Waals surface area (Å²) in [6.45, 7) is 2.85. The van der Waals surface area contributed by atoms with Gasteiger partial charge in [-0.3, -0.25) is 0 Å². The summed E-state index contributed by atoms with van der Waals surface area (Å²) in [6, 6.07) is 10.1. The van der Waals surface area contributed by atoms with Crippen molar-refractivity contribution in [2.45, 2.75) is 6.92 Å². The van der Waals surface area contributed by atoms with Crippen LogP contribution in [0.25, 0.3) is 0 Å². The summed E-state index contributed by atoms with van der Waals surface area (Å²) in [5.74, 6) is 0. The molecule has 3 nitrogen and oxygen atoms in total. The second-order valence-electron chi connectivity index (χ2n) is 2.63. The Bertz CT molecular complexity index is 310. The maximum Gasteiger partial charge on any atom is 0.143 e. The SMILES string of the molecule is CCN1[N]SC(c2ccccc2)=N1. The highest BCUT2D eigenvalue weighted by Gasteiger charge is 2.16. The van der Waals surface area contributed by atoms with Gasteiger partial charge in [0.25, 0.3) is 0 Å². The summed E-state index contributed by atoms with van der Waals surface area (Å²) in [6.07, 6.45) is 0. The molecule has 0 fully saturated rings. The quantitative estimate of drug-likeness (QED) is 0.669. The molecule has 4 heteroatoms. The van der Waals surface area contributed by atoms with Crippen LogP contribution in [0.15, 0.2) is 35.4 Å². The van der Waals surface area contributed by atoms with E-state index in [4.69, 9.17) is 0 Å². The van der Waals surface area contributed by atoms with Crippen molar-refractivity contribution < 1.29 is 0 Å². The maximum absolute atomic E-state index is 4.32. The lowest BCUT2D eigenvalue weighted by atomic mass is 10.2. The molecule has 0 amide bonds. The fraction of sp³-hybridized carbons (Fsp3) is 0.222. The summed E-state index contributed by atoms with van der Waals surface area (Å²) < 4.78 is 0. The molecule has 0 bridgehead atoms. The smallest absolute Gasteiger partial charge is 0.143 e. The molecule has 67 valence electrons. The Morgan fingerprint density at radius 2 is 2.08 bits per heavy atom. The van der Waals surface area contributed by atoms with E-state index in [0.29, 0.717) is 0 Å². The number of benzene rings is 1. The van der Waals surface area contributed by atoms with Crippen molar-refractivity contribution in [3.63, 3.8) is 0 Å². The van der Waals surface area contributed by atoms with Crippen molar-refractivity contribution in [1.29, 1.82) is 0 Å². The molecule has 13 heavy (non-hydrogen) atoms. The standard InChI is InChI=1S/C9H10N3S/c1-2-12-10-9(13-11-12)8-6-4-3-5-7-8/h3-7H,2H2,1H3. The van der Waals surface area contributed by atoms with Gasteiger partial charge in [0.05, 0.1) is 6.54 Å². The van der Waals surface area contributed by atoms with Gasteiger partial charge in [-0.2, -0.15) is 10.2 Å². The van der Waals surface area contributed by atoms with E-state index >= 15 is 0 Å². The average Bonchev–Trinajstić information content (AvgIpc) is 2.67. The van der Waals surface area contributed by atoms with Crippen molar-refractivity contribution in [3.8, 4) is 0 Å². The van der Waals surface area contributed by atoms with E-state index in [2.05, 4.69) is 9.93 Å². The van der Waals surface area contributed by atoms with Gasteiger partial charge in [-0.15, -0.1) is 0 Å². The molecule has 0 saturated heterocycles. The van der Waals surface area contributed by atoms with Crippen LogP contribution in [0.4, 0.5) is 0 Å². The average molecular weight is 192 g/mol. The summed E-state index contributed by atoms with van der Waals surface area (Å²) >= 11 is 1.43. The van der Waals surface area contributed by atoms with Gasteiger partial charge in [0.1, 0.15) is 5.04 Å². The third-order valence-corrected chi connectivity index (χ3v) is 2.49. The van der Waals surface area contributed by atoms with Crippen molar-refractivity contribution in [3.05, 3.63) is 35.9 Å². The van der Waals surface area contributed by atoms with E-state index in [-0.39, 0.29) is 0 Å². The highest BCUT2D eigenvalue weighted by molar-refractivity contribution is 8.12. The van der Waals surface area contributed by atoms with Crippen molar-refractivity contribution in [2.24, 2.45) is 5.10 Å². The summed E-state index contributed by atoms with van der Waals surface area (Å²) in [7, 11) is 0. The molecule has 0 saturated carbocycles. The number of hydrazone groups is 1. The fourth-order valence-electron chi connectivity index (χ4n) is 1.05.